The van der Waals surface area contributed by atoms with Crippen LogP contribution in [0.1, 0.15) is 0 Å². The molecule has 2 amide bonds. The minimum Gasteiger partial charge on any atom is -0.506 e. The fraction of sp³-hybridized carbons (Fsp3) is 0. The number of carbonyl (C=O) groups excluding carboxylic acids is 1. The van der Waals surface area contributed by atoms with Gasteiger partial charge < -0.3 is 15.7 Å². The monoisotopic (exact) mass is 352 g/mol. The standard InChI is InChI=1S/C13H12N4O6S/c14-24(22,23)8-5-6-12(18)10(7-8)16-13(19)15-9-3-1-2-4-11(9)17(20)21/h1-7,18H,(H2,14,22,23)(H2,15,16,19). The molecule has 10 nitrogen and oxygen atoms in total. The quantitative estimate of drug-likeness (QED) is 0.370. The second-order valence-corrected chi connectivity index (χ2v) is 6.14. The maximum atomic E-state index is 11.9. The molecule has 0 fully saturated rings. The average Bonchev–Trinajstić information content (AvgIpc) is 2.48. The van der Waals surface area contributed by atoms with Gasteiger partial charge in [0.1, 0.15) is 11.4 Å². The summed E-state index contributed by atoms with van der Waals surface area (Å²) in [5, 5.41) is 30.0. The molecule has 0 atom stereocenters. The molecule has 0 aliphatic carbocycles. The molecule has 0 unspecified atom stereocenters. The molecule has 5 N–H and O–H groups in total. The molecule has 0 aliphatic rings. The molecule has 0 heterocycles. The lowest BCUT2D eigenvalue weighted by atomic mass is 10.2. The van der Waals surface area contributed by atoms with Crippen LogP contribution in [0, 0.1) is 10.1 Å². The van der Waals surface area contributed by atoms with E-state index in [0.29, 0.717) is 0 Å². The molecule has 0 spiro atoms. The fourth-order valence-electron chi connectivity index (χ4n) is 1.81. The zero-order chi connectivity index (χ0) is 17.9. The van der Waals surface area contributed by atoms with E-state index in [1.807, 2.05) is 0 Å². The van der Waals surface area contributed by atoms with Gasteiger partial charge in [0.15, 0.2) is 0 Å². The minimum atomic E-state index is -4.03. The van der Waals surface area contributed by atoms with Crippen LogP contribution >= 0.6 is 0 Å². The number of anilines is 2. The van der Waals surface area contributed by atoms with E-state index in [1.165, 1.54) is 24.3 Å². The number of phenols is 1. The SMILES string of the molecule is NS(=O)(=O)c1ccc(O)c(NC(=O)Nc2ccccc2[N+](=O)[O-])c1. The van der Waals surface area contributed by atoms with Crippen molar-refractivity contribution < 1.29 is 23.2 Å². The number of nitrogens with zero attached hydrogens (tertiary/aromatic N) is 1. The second-order valence-electron chi connectivity index (χ2n) is 4.58. The van der Waals surface area contributed by atoms with Crippen molar-refractivity contribution in [2.45, 2.75) is 4.90 Å². The number of carbonyl (C=O) groups is 1. The minimum absolute atomic E-state index is 0.0675. The summed E-state index contributed by atoms with van der Waals surface area (Å²) in [5.41, 5.74) is -0.616. The van der Waals surface area contributed by atoms with Gasteiger partial charge in [-0.25, -0.2) is 18.4 Å². The topological polar surface area (TPSA) is 165 Å². The Morgan fingerprint density at radius 1 is 1.12 bits per heavy atom. The highest BCUT2D eigenvalue weighted by Gasteiger charge is 2.17. The summed E-state index contributed by atoms with van der Waals surface area (Å²) in [6, 6.07) is 7.60. The van der Waals surface area contributed by atoms with Gasteiger partial charge >= 0.3 is 6.03 Å². The van der Waals surface area contributed by atoms with Crippen molar-refractivity contribution in [3.05, 3.63) is 52.6 Å². The van der Waals surface area contributed by atoms with Gasteiger partial charge in [0.2, 0.25) is 10.0 Å². The van der Waals surface area contributed by atoms with E-state index in [4.69, 9.17) is 5.14 Å². The number of nitro groups is 1. The Hall–Kier alpha value is -3.18. The first-order chi connectivity index (χ1) is 11.2. The largest absolute Gasteiger partial charge is 0.506 e. The molecule has 0 aromatic heterocycles. The zero-order valence-electron chi connectivity index (χ0n) is 12.0. The van der Waals surface area contributed by atoms with Gasteiger partial charge in [0, 0.05) is 6.07 Å². The third-order valence-corrected chi connectivity index (χ3v) is 3.80. The molecule has 11 heteroatoms. The van der Waals surface area contributed by atoms with Crippen LogP contribution in [0.25, 0.3) is 0 Å². The zero-order valence-corrected chi connectivity index (χ0v) is 12.8. The van der Waals surface area contributed by atoms with Gasteiger partial charge in [-0.05, 0) is 24.3 Å². The number of nitro benzene ring substituents is 1. The summed E-state index contributed by atoms with van der Waals surface area (Å²) in [4.78, 5) is 21.8. The summed E-state index contributed by atoms with van der Waals surface area (Å²) in [5.74, 6) is -0.403. The predicted molar refractivity (Wildman–Crippen MR) is 85.2 cm³/mol. The highest BCUT2D eigenvalue weighted by atomic mass is 32.2. The third kappa shape index (κ3) is 3.97. The molecule has 0 bridgehead atoms. The number of primary sulfonamides is 1. The van der Waals surface area contributed by atoms with Crippen molar-refractivity contribution >= 4 is 33.1 Å². The molecule has 0 radical (unpaired) electrons. The van der Waals surface area contributed by atoms with Crippen LogP contribution in [-0.2, 0) is 10.0 Å². The number of aromatic hydroxyl groups is 1. The molecule has 2 aromatic rings. The molecule has 0 saturated carbocycles. The van der Waals surface area contributed by atoms with Crippen LogP contribution < -0.4 is 15.8 Å². The lowest BCUT2D eigenvalue weighted by molar-refractivity contribution is -0.383. The summed E-state index contributed by atoms with van der Waals surface area (Å²) in [7, 11) is -4.03. The van der Waals surface area contributed by atoms with Gasteiger partial charge in [-0.2, -0.15) is 0 Å². The van der Waals surface area contributed by atoms with E-state index in [2.05, 4.69) is 10.6 Å². The Morgan fingerprint density at radius 3 is 2.38 bits per heavy atom. The molecule has 24 heavy (non-hydrogen) atoms. The molecule has 0 aliphatic heterocycles. The van der Waals surface area contributed by atoms with Crippen molar-refractivity contribution in [1.29, 1.82) is 0 Å². The van der Waals surface area contributed by atoms with Crippen LogP contribution in [-0.4, -0.2) is 24.5 Å². The molecular formula is C13H12N4O6S. The Balaban J connectivity index is 2.24. The molecule has 2 aromatic carbocycles. The van der Waals surface area contributed by atoms with Crippen LogP contribution in [0.3, 0.4) is 0 Å². The van der Waals surface area contributed by atoms with E-state index in [9.17, 15) is 28.4 Å². The number of amides is 2. The van der Waals surface area contributed by atoms with Crippen molar-refractivity contribution in [3.8, 4) is 5.75 Å². The molecular weight excluding hydrogens is 340 g/mol. The number of hydrogen-bond acceptors (Lipinski definition) is 6. The number of benzene rings is 2. The normalized spacial score (nSPS) is 10.9. The van der Waals surface area contributed by atoms with Crippen molar-refractivity contribution in [3.63, 3.8) is 0 Å². The van der Waals surface area contributed by atoms with Gasteiger partial charge in [0.05, 0.1) is 15.5 Å². The summed E-state index contributed by atoms with van der Waals surface area (Å²) in [6.07, 6.45) is 0. The fourth-order valence-corrected chi connectivity index (χ4v) is 2.35. The lowest BCUT2D eigenvalue weighted by Gasteiger charge is -2.10. The van der Waals surface area contributed by atoms with E-state index < -0.39 is 26.7 Å². The second kappa shape index (κ2) is 6.52. The Bertz CT molecular complexity index is 912. The summed E-state index contributed by atoms with van der Waals surface area (Å²) < 4.78 is 22.6. The summed E-state index contributed by atoms with van der Waals surface area (Å²) in [6.45, 7) is 0. The van der Waals surface area contributed by atoms with E-state index in [1.54, 1.807) is 0 Å². The van der Waals surface area contributed by atoms with Gasteiger partial charge in [-0.3, -0.25) is 10.1 Å². The number of para-hydroxylation sites is 2. The number of sulfonamides is 1. The molecule has 126 valence electrons. The van der Waals surface area contributed by atoms with E-state index >= 15 is 0 Å². The van der Waals surface area contributed by atoms with Crippen LogP contribution in [0.15, 0.2) is 47.4 Å². The van der Waals surface area contributed by atoms with Gasteiger partial charge in [0.25, 0.3) is 5.69 Å². The van der Waals surface area contributed by atoms with Crippen molar-refractivity contribution in [1.82, 2.24) is 0 Å². The van der Waals surface area contributed by atoms with E-state index in [-0.39, 0.29) is 22.0 Å². The summed E-state index contributed by atoms with van der Waals surface area (Å²) >= 11 is 0. The smallest absolute Gasteiger partial charge is 0.323 e. The van der Waals surface area contributed by atoms with Gasteiger partial charge in [-0.15, -0.1) is 0 Å². The molecule has 2 rings (SSSR count). The highest BCUT2D eigenvalue weighted by molar-refractivity contribution is 7.89. The van der Waals surface area contributed by atoms with Crippen molar-refractivity contribution in [2.75, 3.05) is 10.6 Å². The number of urea groups is 1. The van der Waals surface area contributed by atoms with E-state index in [0.717, 1.165) is 18.2 Å². The third-order valence-electron chi connectivity index (χ3n) is 2.89. The molecule has 0 saturated heterocycles. The van der Waals surface area contributed by atoms with Crippen LogP contribution in [0.4, 0.5) is 21.9 Å². The number of phenolic OH excluding ortho intramolecular Hbond substituents is 1. The lowest BCUT2D eigenvalue weighted by Crippen LogP contribution is -2.20. The number of nitrogens with two attached hydrogens (primary N) is 1. The maximum absolute atomic E-state index is 11.9. The number of rotatable bonds is 4. The Morgan fingerprint density at radius 2 is 1.75 bits per heavy atom. The Kier molecular flexibility index (Phi) is 4.66. The van der Waals surface area contributed by atoms with Crippen LogP contribution in [0.2, 0.25) is 0 Å². The first-order valence-electron chi connectivity index (χ1n) is 6.36. The number of nitrogens with one attached hydrogen (secondary N) is 2. The predicted octanol–water partition coefficient (Wildman–Crippen LogP) is 1.59. The average molecular weight is 352 g/mol. The maximum Gasteiger partial charge on any atom is 0.323 e. The first kappa shape index (κ1) is 17.2. The number of hydrogen-bond donors (Lipinski definition) is 4. The Labute approximate surface area is 136 Å². The first-order valence-corrected chi connectivity index (χ1v) is 7.90. The van der Waals surface area contributed by atoms with Crippen molar-refractivity contribution in [2.24, 2.45) is 5.14 Å². The van der Waals surface area contributed by atoms with Crippen LogP contribution in [0.5, 0.6) is 5.75 Å². The highest BCUT2D eigenvalue weighted by Crippen LogP contribution is 2.27. The van der Waals surface area contributed by atoms with Gasteiger partial charge in [-0.1, -0.05) is 12.1 Å².